The maximum atomic E-state index is 4.99. The molecule has 0 aliphatic carbocycles. The van der Waals surface area contributed by atoms with Gasteiger partial charge in [0, 0.05) is 7.11 Å². The Morgan fingerprint density at radius 1 is 1.70 bits per heavy atom. The largest absolute Gasteiger partial charge is 0.383 e. The highest BCUT2D eigenvalue weighted by molar-refractivity contribution is 5.01. The molecule has 0 spiro atoms. The molecular weight excluding hydrogens is 126 g/mol. The predicted molar refractivity (Wildman–Crippen MR) is 44.2 cm³/mol. The van der Waals surface area contributed by atoms with Crippen molar-refractivity contribution in [1.82, 2.24) is 5.32 Å². The molecule has 0 rings (SSSR count). The minimum absolute atomic E-state index is 0.315. The molecule has 0 saturated heterocycles. The molecule has 1 N–H and O–H groups in total. The minimum atomic E-state index is 0.315. The van der Waals surface area contributed by atoms with E-state index in [-0.39, 0.29) is 0 Å². The molecule has 0 heterocycles. The van der Waals surface area contributed by atoms with Gasteiger partial charge in [0.15, 0.2) is 0 Å². The Bertz CT molecular complexity index is 95.4. The Morgan fingerprint density at radius 3 is 2.60 bits per heavy atom. The van der Waals surface area contributed by atoms with Crippen molar-refractivity contribution in [3.63, 3.8) is 0 Å². The molecule has 0 amide bonds. The van der Waals surface area contributed by atoms with Crippen LogP contribution in [0, 0.1) is 0 Å². The lowest BCUT2D eigenvalue weighted by atomic mass is 10.1. The van der Waals surface area contributed by atoms with Gasteiger partial charge >= 0.3 is 0 Å². The van der Waals surface area contributed by atoms with E-state index in [0.717, 1.165) is 12.1 Å². The third-order valence-electron chi connectivity index (χ3n) is 1.38. The van der Waals surface area contributed by atoms with Crippen molar-refractivity contribution in [1.29, 1.82) is 0 Å². The smallest absolute Gasteiger partial charge is 0.0654 e. The summed E-state index contributed by atoms with van der Waals surface area (Å²) >= 11 is 0. The van der Waals surface area contributed by atoms with Crippen LogP contribution in [0.15, 0.2) is 12.2 Å². The zero-order valence-electron chi connectivity index (χ0n) is 7.11. The van der Waals surface area contributed by atoms with Gasteiger partial charge in [0.1, 0.15) is 0 Å². The van der Waals surface area contributed by atoms with Crippen LogP contribution in [-0.2, 0) is 4.74 Å². The van der Waals surface area contributed by atoms with Crippen LogP contribution < -0.4 is 5.32 Å². The number of ether oxygens (including phenoxy) is 1. The van der Waals surface area contributed by atoms with Gasteiger partial charge in [-0.15, -0.1) is 0 Å². The number of likely N-dealkylation sites (N-methyl/N-ethyl adjacent to an activating group) is 1. The van der Waals surface area contributed by atoms with Gasteiger partial charge in [-0.25, -0.2) is 0 Å². The Morgan fingerprint density at radius 2 is 2.30 bits per heavy atom. The number of nitrogens with one attached hydrogen (secondary N) is 1. The molecule has 2 nitrogen and oxygen atoms in total. The van der Waals surface area contributed by atoms with Crippen LogP contribution in [0.25, 0.3) is 0 Å². The van der Waals surface area contributed by atoms with Gasteiger partial charge in [-0.05, 0) is 13.5 Å². The number of rotatable bonds is 5. The van der Waals surface area contributed by atoms with E-state index in [1.54, 1.807) is 7.11 Å². The lowest BCUT2D eigenvalue weighted by molar-refractivity contribution is 0.178. The molecule has 0 aliphatic rings. The van der Waals surface area contributed by atoms with Crippen LogP contribution in [0.2, 0.25) is 0 Å². The van der Waals surface area contributed by atoms with E-state index < -0.39 is 0 Å². The van der Waals surface area contributed by atoms with Crippen molar-refractivity contribution in [3.8, 4) is 0 Å². The lowest BCUT2D eigenvalue weighted by Gasteiger charge is -2.16. The van der Waals surface area contributed by atoms with E-state index in [1.807, 2.05) is 6.92 Å². The van der Waals surface area contributed by atoms with Crippen LogP contribution in [0.3, 0.4) is 0 Å². The lowest BCUT2D eigenvalue weighted by Crippen LogP contribution is -2.33. The second kappa shape index (κ2) is 5.45. The molecule has 10 heavy (non-hydrogen) atoms. The molecule has 0 aromatic heterocycles. The normalized spacial score (nSPS) is 13.1. The summed E-state index contributed by atoms with van der Waals surface area (Å²) in [6.07, 6.45) is 0. The first-order valence-corrected chi connectivity index (χ1v) is 3.60. The average molecular weight is 143 g/mol. The van der Waals surface area contributed by atoms with Crippen molar-refractivity contribution < 1.29 is 4.74 Å². The molecule has 60 valence electrons. The maximum absolute atomic E-state index is 4.99. The van der Waals surface area contributed by atoms with Crippen LogP contribution in [0.4, 0.5) is 0 Å². The van der Waals surface area contributed by atoms with E-state index in [0.29, 0.717) is 12.6 Å². The summed E-state index contributed by atoms with van der Waals surface area (Å²) < 4.78 is 4.99. The fourth-order valence-corrected chi connectivity index (χ4v) is 0.788. The molecule has 1 atom stereocenters. The van der Waals surface area contributed by atoms with Crippen molar-refractivity contribution >= 4 is 0 Å². The highest BCUT2D eigenvalue weighted by Gasteiger charge is 2.05. The molecule has 0 bridgehead atoms. The monoisotopic (exact) mass is 143 g/mol. The van der Waals surface area contributed by atoms with Gasteiger partial charge < -0.3 is 10.1 Å². The topological polar surface area (TPSA) is 21.3 Å². The van der Waals surface area contributed by atoms with Gasteiger partial charge in [-0.2, -0.15) is 0 Å². The second-order valence-corrected chi connectivity index (χ2v) is 2.41. The summed E-state index contributed by atoms with van der Waals surface area (Å²) in [5, 5.41) is 3.26. The first-order chi connectivity index (χ1) is 4.72. The predicted octanol–water partition coefficient (Wildman–Crippen LogP) is 1.19. The Hall–Kier alpha value is -0.340. The fraction of sp³-hybridized carbons (Fsp3) is 0.750. The van der Waals surface area contributed by atoms with Crippen molar-refractivity contribution in [2.45, 2.75) is 19.9 Å². The Labute approximate surface area is 63.3 Å². The van der Waals surface area contributed by atoms with E-state index >= 15 is 0 Å². The quantitative estimate of drug-likeness (QED) is 0.584. The van der Waals surface area contributed by atoms with Crippen LogP contribution in [0.1, 0.15) is 13.8 Å². The van der Waals surface area contributed by atoms with Gasteiger partial charge in [-0.1, -0.05) is 19.1 Å². The van der Waals surface area contributed by atoms with Gasteiger partial charge in [-0.3, -0.25) is 0 Å². The van der Waals surface area contributed by atoms with Crippen LogP contribution in [-0.4, -0.2) is 26.3 Å². The van der Waals surface area contributed by atoms with Gasteiger partial charge in [0.25, 0.3) is 0 Å². The van der Waals surface area contributed by atoms with Gasteiger partial charge in [0.05, 0.1) is 12.6 Å². The van der Waals surface area contributed by atoms with E-state index in [4.69, 9.17) is 4.74 Å². The molecule has 0 aliphatic heterocycles. The van der Waals surface area contributed by atoms with Crippen LogP contribution in [0.5, 0.6) is 0 Å². The molecule has 1 unspecified atom stereocenters. The van der Waals surface area contributed by atoms with Crippen molar-refractivity contribution in [2.24, 2.45) is 0 Å². The molecular formula is C8H17NO. The summed E-state index contributed by atoms with van der Waals surface area (Å²) in [6.45, 7) is 9.60. The summed E-state index contributed by atoms with van der Waals surface area (Å²) in [5.74, 6) is 0. The molecule has 0 saturated carbocycles. The van der Waals surface area contributed by atoms with Crippen molar-refractivity contribution in [3.05, 3.63) is 12.2 Å². The Kier molecular flexibility index (Phi) is 5.26. The second-order valence-electron chi connectivity index (χ2n) is 2.41. The van der Waals surface area contributed by atoms with Crippen LogP contribution >= 0.6 is 0 Å². The van der Waals surface area contributed by atoms with E-state index in [9.17, 15) is 0 Å². The fourth-order valence-electron chi connectivity index (χ4n) is 0.788. The van der Waals surface area contributed by atoms with E-state index in [2.05, 4.69) is 18.8 Å². The zero-order chi connectivity index (χ0) is 7.98. The minimum Gasteiger partial charge on any atom is -0.383 e. The number of methoxy groups -OCH3 is 1. The third-order valence-corrected chi connectivity index (χ3v) is 1.38. The molecule has 0 radical (unpaired) electrons. The van der Waals surface area contributed by atoms with E-state index in [1.165, 1.54) is 0 Å². The highest BCUT2D eigenvalue weighted by atomic mass is 16.5. The standard InChI is InChI=1S/C8H17NO/c1-5-9-8(6-10-4)7(2)3/h8-9H,2,5-6H2,1,3-4H3. The summed E-state index contributed by atoms with van der Waals surface area (Å²) in [6, 6.07) is 0.315. The van der Waals surface area contributed by atoms with Crippen molar-refractivity contribution in [2.75, 3.05) is 20.3 Å². The molecule has 0 aromatic carbocycles. The Balaban J connectivity index is 3.61. The SMILES string of the molecule is C=C(C)C(COC)NCC. The highest BCUT2D eigenvalue weighted by Crippen LogP contribution is 1.97. The van der Waals surface area contributed by atoms with Gasteiger partial charge in [0.2, 0.25) is 0 Å². The first kappa shape index (κ1) is 9.66. The molecule has 0 aromatic rings. The zero-order valence-corrected chi connectivity index (χ0v) is 7.11. The summed E-state index contributed by atoms with van der Waals surface area (Å²) in [5.41, 5.74) is 1.13. The molecule has 0 fully saturated rings. The number of hydrogen-bond acceptors (Lipinski definition) is 2. The summed E-state index contributed by atoms with van der Waals surface area (Å²) in [4.78, 5) is 0. The number of hydrogen-bond donors (Lipinski definition) is 1. The third kappa shape index (κ3) is 3.64. The summed E-state index contributed by atoms with van der Waals surface area (Å²) in [7, 11) is 1.70. The molecule has 2 heteroatoms. The first-order valence-electron chi connectivity index (χ1n) is 3.60. The average Bonchev–Trinajstić information content (AvgIpc) is 1.87. The maximum Gasteiger partial charge on any atom is 0.0654 e.